The Balaban J connectivity index is 1.45. The number of amides is 1. The molecule has 1 amide bonds. The molecule has 0 radical (unpaired) electrons. The van der Waals surface area contributed by atoms with Gasteiger partial charge in [0.1, 0.15) is 17.4 Å². The average Bonchev–Trinajstić information content (AvgIpc) is 3.29. The number of nitrogens with one attached hydrogen (secondary N) is 1. The monoisotopic (exact) mass is 510 g/mol. The van der Waals surface area contributed by atoms with Crippen molar-refractivity contribution >= 4 is 29.3 Å². The highest BCUT2D eigenvalue weighted by Crippen LogP contribution is 2.29. The number of thioether (sulfide) groups is 1. The fraction of sp³-hybridized carbons (Fsp3) is 0.192. The van der Waals surface area contributed by atoms with Gasteiger partial charge in [-0.3, -0.25) is 9.36 Å². The fourth-order valence-corrected chi connectivity index (χ4v) is 4.82. The first kappa shape index (κ1) is 24.8. The topological polar surface area (TPSA) is 69.0 Å². The molecule has 6 nitrogen and oxygen atoms in total. The number of aryl methyl sites for hydroxylation is 1. The van der Waals surface area contributed by atoms with E-state index in [1.807, 2.05) is 59.2 Å². The van der Waals surface area contributed by atoms with E-state index in [1.165, 1.54) is 23.9 Å². The van der Waals surface area contributed by atoms with Crippen molar-refractivity contribution in [2.75, 3.05) is 7.11 Å². The summed E-state index contributed by atoms with van der Waals surface area (Å²) in [5.41, 5.74) is 2.61. The quantitative estimate of drug-likeness (QED) is 0.281. The predicted octanol–water partition coefficient (Wildman–Crippen LogP) is 5.61. The molecule has 0 aliphatic heterocycles. The molecule has 3 aromatic carbocycles. The number of carbonyl (C=O) groups excluding carboxylic acids is 1. The lowest BCUT2D eigenvalue weighted by atomic mass is 10.2. The Morgan fingerprint density at radius 1 is 1.06 bits per heavy atom. The van der Waals surface area contributed by atoms with E-state index in [4.69, 9.17) is 16.3 Å². The van der Waals surface area contributed by atoms with Gasteiger partial charge in [-0.25, -0.2) is 4.39 Å². The lowest BCUT2D eigenvalue weighted by Gasteiger charge is -2.11. The van der Waals surface area contributed by atoms with Gasteiger partial charge in [0, 0.05) is 41.4 Å². The first-order valence-corrected chi connectivity index (χ1v) is 12.4. The molecule has 0 atom stereocenters. The Morgan fingerprint density at radius 2 is 1.83 bits per heavy atom. The first-order chi connectivity index (χ1) is 17.0. The standard InChI is InChI=1S/C26H24ClFN4O2S/c1-34-23-10-6-5-7-18(23)16-29-25(33)14-13-24-30-31-26(32(24)21-8-3-2-4-9-21)35-17-19-11-12-20(28)15-22(19)27/h2-12,15H,13-14,16-17H2,1H3,(H,29,33). The largest absolute Gasteiger partial charge is 0.496 e. The van der Waals surface area contributed by atoms with Crippen LogP contribution in [0.1, 0.15) is 23.4 Å². The van der Waals surface area contributed by atoms with Gasteiger partial charge in [0.25, 0.3) is 0 Å². The summed E-state index contributed by atoms with van der Waals surface area (Å²) >= 11 is 7.64. The smallest absolute Gasteiger partial charge is 0.220 e. The van der Waals surface area contributed by atoms with Gasteiger partial charge in [-0.1, -0.05) is 65.8 Å². The highest BCUT2D eigenvalue weighted by Gasteiger charge is 2.16. The predicted molar refractivity (Wildman–Crippen MR) is 135 cm³/mol. The zero-order valence-electron chi connectivity index (χ0n) is 19.1. The van der Waals surface area contributed by atoms with E-state index in [-0.39, 0.29) is 18.1 Å². The van der Waals surface area contributed by atoms with Gasteiger partial charge in [-0.05, 0) is 35.9 Å². The third-order valence-electron chi connectivity index (χ3n) is 5.33. The van der Waals surface area contributed by atoms with E-state index >= 15 is 0 Å². The Kier molecular flexibility index (Phi) is 8.39. The minimum Gasteiger partial charge on any atom is -0.496 e. The number of aromatic nitrogens is 3. The Labute approximate surface area is 212 Å². The molecule has 0 aliphatic rings. The molecule has 35 heavy (non-hydrogen) atoms. The van der Waals surface area contributed by atoms with E-state index in [0.29, 0.717) is 34.7 Å². The van der Waals surface area contributed by atoms with Crippen molar-refractivity contribution in [2.45, 2.75) is 30.3 Å². The minimum absolute atomic E-state index is 0.0918. The van der Waals surface area contributed by atoms with Crippen molar-refractivity contribution < 1.29 is 13.9 Å². The number of hydrogen-bond donors (Lipinski definition) is 1. The second kappa shape index (κ2) is 11.9. The molecule has 0 fully saturated rings. The fourth-order valence-electron chi connectivity index (χ4n) is 3.53. The van der Waals surface area contributed by atoms with E-state index in [2.05, 4.69) is 15.5 Å². The number of carbonyl (C=O) groups is 1. The molecule has 9 heteroatoms. The average molecular weight is 511 g/mol. The van der Waals surface area contributed by atoms with Gasteiger partial charge in [-0.15, -0.1) is 10.2 Å². The van der Waals surface area contributed by atoms with Crippen molar-refractivity contribution in [3.8, 4) is 11.4 Å². The van der Waals surface area contributed by atoms with Gasteiger partial charge in [0.05, 0.1) is 7.11 Å². The summed E-state index contributed by atoms with van der Waals surface area (Å²) in [5.74, 6) is 1.45. The molecule has 4 aromatic rings. The van der Waals surface area contributed by atoms with Crippen LogP contribution >= 0.6 is 23.4 Å². The number of hydrogen-bond acceptors (Lipinski definition) is 5. The number of halogens is 2. The molecule has 180 valence electrons. The summed E-state index contributed by atoms with van der Waals surface area (Å²) in [6.45, 7) is 0.383. The SMILES string of the molecule is COc1ccccc1CNC(=O)CCc1nnc(SCc2ccc(F)cc2Cl)n1-c1ccccc1. The Bertz CT molecular complexity index is 1300. The molecule has 0 saturated carbocycles. The molecule has 1 aromatic heterocycles. The third kappa shape index (κ3) is 6.41. The van der Waals surface area contributed by atoms with Crippen LogP contribution in [0.2, 0.25) is 5.02 Å². The normalized spacial score (nSPS) is 10.8. The lowest BCUT2D eigenvalue weighted by molar-refractivity contribution is -0.121. The van der Waals surface area contributed by atoms with E-state index in [9.17, 15) is 9.18 Å². The van der Waals surface area contributed by atoms with Gasteiger partial charge in [0.15, 0.2) is 5.16 Å². The maximum absolute atomic E-state index is 13.4. The number of methoxy groups -OCH3 is 1. The Morgan fingerprint density at radius 3 is 2.60 bits per heavy atom. The van der Waals surface area contributed by atoms with Gasteiger partial charge >= 0.3 is 0 Å². The number of ether oxygens (including phenoxy) is 1. The molecular weight excluding hydrogens is 487 g/mol. The maximum atomic E-state index is 13.4. The number of rotatable bonds is 10. The van der Waals surface area contributed by atoms with Gasteiger partial charge in [-0.2, -0.15) is 0 Å². The zero-order chi connectivity index (χ0) is 24.6. The van der Waals surface area contributed by atoms with Crippen molar-refractivity contribution in [1.82, 2.24) is 20.1 Å². The van der Waals surface area contributed by atoms with Gasteiger partial charge in [0.2, 0.25) is 5.91 Å². The third-order valence-corrected chi connectivity index (χ3v) is 6.66. The van der Waals surface area contributed by atoms with Crippen molar-refractivity contribution in [3.63, 3.8) is 0 Å². The van der Waals surface area contributed by atoms with Crippen molar-refractivity contribution in [1.29, 1.82) is 0 Å². The Hall–Kier alpha value is -3.36. The van der Waals surface area contributed by atoms with E-state index < -0.39 is 0 Å². The maximum Gasteiger partial charge on any atom is 0.220 e. The number of nitrogens with zero attached hydrogens (tertiary/aromatic N) is 3. The highest BCUT2D eigenvalue weighted by molar-refractivity contribution is 7.98. The van der Waals surface area contributed by atoms with E-state index in [1.54, 1.807) is 13.2 Å². The second-order valence-corrected chi connectivity index (χ2v) is 9.03. The molecule has 0 aliphatic carbocycles. The van der Waals surface area contributed by atoms with Crippen molar-refractivity contribution in [3.05, 3.63) is 101 Å². The molecule has 0 spiro atoms. The zero-order valence-corrected chi connectivity index (χ0v) is 20.7. The van der Waals surface area contributed by atoms with Crippen LogP contribution in [0.3, 0.4) is 0 Å². The molecule has 1 heterocycles. The molecular formula is C26H24ClFN4O2S. The molecule has 1 N–H and O–H groups in total. The lowest BCUT2D eigenvalue weighted by Crippen LogP contribution is -2.23. The van der Waals surface area contributed by atoms with Crippen LogP contribution in [0, 0.1) is 5.82 Å². The first-order valence-electron chi connectivity index (χ1n) is 11.0. The van der Waals surface area contributed by atoms with Crippen LogP contribution in [0.25, 0.3) is 5.69 Å². The van der Waals surface area contributed by atoms with E-state index in [0.717, 1.165) is 22.6 Å². The number of benzene rings is 3. The summed E-state index contributed by atoms with van der Waals surface area (Å²) in [6, 6.07) is 21.7. The molecule has 0 bridgehead atoms. The number of para-hydroxylation sites is 2. The van der Waals surface area contributed by atoms with Crippen molar-refractivity contribution in [2.24, 2.45) is 0 Å². The molecule has 0 saturated heterocycles. The molecule has 0 unspecified atom stereocenters. The van der Waals surface area contributed by atoms with Crippen LogP contribution in [-0.2, 0) is 23.5 Å². The molecule has 4 rings (SSSR count). The summed E-state index contributed by atoms with van der Waals surface area (Å²) in [6.07, 6.45) is 0.673. The summed E-state index contributed by atoms with van der Waals surface area (Å²) in [7, 11) is 1.61. The minimum atomic E-state index is -0.373. The van der Waals surface area contributed by atoms with Crippen LogP contribution in [0.5, 0.6) is 5.75 Å². The van der Waals surface area contributed by atoms with Crippen LogP contribution in [-0.4, -0.2) is 27.8 Å². The van der Waals surface area contributed by atoms with Gasteiger partial charge < -0.3 is 10.1 Å². The van der Waals surface area contributed by atoms with Crippen LogP contribution in [0.15, 0.2) is 78.0 Å². The summed E-state index contributed by atoms with van der Waals surface area (Å²) in [4.78, 5) is 12.6. The summed E-state index contributed by atoms with van der Waals surface area (Å²) in [5, 5.41) is 12.7. The highest BCUT2D eigenvalue weighted by atomic mass is 35.5. The van der Waals surface area contributed by atoms with Crippen LogP contribution < -0.4 is 10.1 Å². The second-order valence-electron chi connectivity index (χ2n) is 7.68. The summed E-state index contributed by atoms with van der Waals surface area (Å²) < 4.78 is 20.7. The van der Waals surface area contributed by atoms with Crippen LogP contribution in [0.4, 0.5) is 4.39 Å².